The Morgan fingerprint density at radius 1 is 1.39 bits per heavy atom. The van der Waals surface area contributed by atoms with Gasteiger partial charge in [0.1, 0.15) is 0 Å². The summed E-state index contributed by atoms with van der Waals surface area (Å²) in [5, 5.41) is 3.56. The van der Waals surface area contributed by atoms with Crippen molar-refractivity contribution in [2.24, 2.45) is 4.99 Å². The van der Waals surface area contributed by atoms with Crippen molar-refractivity contribution in [2.45, 2.75) is 12.1 Å². The van der Waals surface area contributed by atoms with Crippen LogP contribution in [0.2, 0.25) is 0 Å². The van der Waals surface area contributed by atoms with Gasteiger partial charge in [-0.15, -0.1) is 0 Å². The van der Waals surface area contributed by atoms with E-state index >= 15 is 0 Å². The molecule has 1 aromatic carbocycles. The van der Waals surface area contributed by atoms with Crippen LogP contribution in [0.4, 0.5) is 5.69 Å². The molecule has 2 atom stereocenters. The monoisotopic (exact) mass is 417 g/mol. The number of halogens is 1. The highest BCUT2D eigenvalue weighted by atomic mass is 79.9. The number of likely N-dealkylation sites (N-methyl/N-ethyl adjacent to an activating group) is 1. The lowest BCUT2D eigenvalue weighted by atomic mass is 10.2. The van der Waals surface area contributed by atoms with E-state index in [0.29, 0.717) is 0 Å². The fourth-order valence-electron chi connectivity index (χ4n) is 2.68. The molecule has 0 spiro atoms. The van der Waals surface area contributed by atoms with Crippen molar-refractivity contribution in [3.63, 3.8) is 0 Å². The standard InChI is InChI=1S/C14H16BrN3O3S2/c1-18-12-8-23(20,21)7-11(12)17-14(18)22-6-13(19)16-10-4-2-9(15)3-5-10/h2-5,11-12H,6-8H2,1H3,(H,16,19)/t11-,12+/m1/s1. The molecule has 2 aliphatic heterocycles. The average molecular weight is 418 g/mol. The van der Waals surface area contributed by atoms with E-state index in [4.69, 9.17) is 0 Å². The van der Waals surface area contributed by atoms with E-state index in [1.807, 2.05) is 36.2 Å². The van der Waals surface area contributed by atoms with E-state index in [1.165, 1.54) is 11.8 Å². The highest BCUT2D eigenvalue weighted by Gasteiger charge is 2.45. The summed E-state index contributed by atoms with van der Waals surface area (Å²) in [5.74, 6) is 0.383. The normalized spacial score (nSPS) is 25.1. The van der Waals surface area contributed by atoms with E-state index < -0.39 is 9.84 Å². The van der Waals surface area contributed by atoms with Gasteiger partial charge in [0, 0.05) is 17.2 Å². The Morgan fingerprint density at radius 2 is 2.09 bits per heavy atom. The summed E-state index contributed by atoms with van der Waals surface area (Å²) in [5.41, 5.74) is 0.739. The number of carbonyl (C=O) groups excluding carboxylic acids is 1. The Morgan fingerprint density at radius 3 is 2.74 bits per heavy atom. The highest BCUT2D eigenvalue weighted by molar-refractivity contribution is 9.10. The molecule has 1 saturated heterocycles. The van der Waals surface area contributed by atoms with Crippen LogP contribution in [-0.2, 0) is 14.6 Å². The first-order valence-electron chi connectivity index (χ1n) is 7.03. The number of nitrogens with zero attached hydrogens (tertiary/aromatic N) is 2. The van der Waals surface area contributed by atoms with Crippen molar-refractivity contribution in [2.75, 3.05) is 29.6 Å². The maximum absolute atomic E-state index is 12.0. The Kier molecular flexibility index (Phi) is 4.70. The van der Waals surface area contributed by atoms with Crippen LogP contribution in [0.25, 0.3) is 0 Å². The van der Waals surface area contributed by atoms with E-state index in [-0.39, 0.29) is 35.2 Å². The molecular formula is C14H16BrN3O3S2. The Balaban J connectivity index is 1.54. The van der Waals surface area contributed by atoms with Crippen molar-refractivity contribution in [3.8, 4) is 0 Å². The van der Waals surface area contributed by atoms with Crippen molar-refractivity contribution in [3.05, 3.63) is 28.7 Å². The number of hydrogen-bond donors (Lipinski definition) is 1. The number of nitrogens with one attached hydrogen (secondary N) is 1. The van der Waals surface area contributed by atoms with Gasteiger partial charge < -0.3 is 10.2 Å². The molecule has 0 saturated carbocycles. The topological polar surface area (TPSA) is 78.8 Å². The Labute approximate surface area is 147 Å². The zero-order valence-electron chi connectivity index (χ0n) is 12.4. The number of amides is 1. The van der Waals surface area contributed by atoms with Crippen LogP contribution in [0.5, 0.6) is 0 Å². The number of amidine groups is 1. The zero-order chi connectivity index (χ0) is 16.6. The van der Waals surface area contributed by atoms with Crippen molar-refractivity contribution in [1.29, 1.82) is 0 Å². The lowest BCUT2D eigenvalue weighted by Gasteiger charge is -2.20. The molecule has 0 radical (unpaired) electrons. The predicted molar refractivity (Wildman–Crippen MR) is 96.7 cm³/mol. The summed E-state index contributed by atoms with van der Waals surface area (Å²) >= 11 is 4.68. The third-order valence-electron chi connectivity index (χ3n) is 3.83. The van der Waals surface area contributed by atoms with Gasteiger partial charge >= 0.3 is 0 Å². The van der Waals surface area contributed by atoms with Crippen LogP contribution in [0, 0.1) is 0 Å². The fraction of sp³-hybridized carbons (Fsp3) is 0.429. The van der Waals surface area contributed by atoms with Crippen LogP contribution in [0.3, 0.4) is 0 Å². The van der Waals surface area contributed by atoms with Crippen LogP contribution >= 0.6 is 27.7 Å². The molecule has 0 bridgehead atoms. The maximum Gasteiger partial charge on any atom is 0.234 e. The van der Waals surface area contributed by atoms with Gasteiger partial charge in [0.25, 0.3) is 0 Å². The molecule has 1 N–H and O–H groups in total. The van der Waals surface area contributed by atoms with Crippen molar-refractivity contribution in [1.82, 2.24) is 4.90 Å². The second kappa shape index (κ2) is 6.45. The molecule has 1 fully saturated rings. The average Bonchev–Trinajstić information content (AvgIpc) is 2.93. The minimum Gasteiger partial charge on any atom is -0.348 e. The minimum absolute atomic E-state index is 0.0861. The lowest BCUT2D eigenvalue weighted by Crippen LogP contribution is -2.35. The van der Waals surface area contributed by atoms with E-state index in [0.717, 1.165) is 15.3 Å². The maximum atomic E-state index is 12.0. The van der Waals surface area contributed by atoms with Gasteiger partial charge in [-0.2, -0.15) is 0 Å². The highest BCUT2D eigenvalue weighted by Crippen LogP contribution is 2.29. The molecule has 0 aromatic heterocycles. The van der Waals surface area contributed by atoms with Gasteiger partial charge in [-0.25, -0.2) is 8.42 Å². The quantitative estimate of drug-likeness (QED) is 0.807. The third-order valence-corrected chi connectivity index (χ3v) is 7.11. The number of hydrogen-bond acceptors (Lipinski definition) is 6. The van der Waals surface area contributed by atoms with Crippen LogP contribution < -0.4 is 5.32 Å². The molecule has 2 aliphatic rings. The molecule has 3 rings (SSSR count). The number of benzene rings is 1. The molecule has 6 nitrogen and oxygen atoms in total. The van der Waals surface area contributed by atoms with Gasteiger partial charge in [-0.05, 0) is 24.3 Å². The third kappa shape index (κ3) is 3.89. The fourth-order valence-corrected chi connectivity index (χ4v) is 5.74. The second-order valence-electron chi connectivity index (χ2n) is 5.58. The number of thioether (sulfide) groups is 1. The molecule has 9 heteroatoms. The van der Waals surface area contributed by atoms with E-state index in [2.05, 4.69) is 26.2 Å². The smallest absolute Gasteiger partial charge is 0.234 e. The van der Waals surface area contributed by atoms with Gasteiger partial charge in [-0.3, -0.25) is 9.79 Å². The second-order valence-corrected chi connectivity index (χ2v) is 9.59. The molecule has 1 amide bonds. The zero-order valence-corrected chi connectivity index (χ0v) is 15.6. The first-order valence-corrected chi connectivity index (χ1v) is 10.6. The summed E-state index contributed by atoms with van der Waals surface area (Å²) in [6.07, 6.45) is 0. The van der Waals surface area contributed by atoms with Crippen LogP contribution in [0.15, 0.2) is 33.7 Å². The lowest BCUT2D eigenvalue weighted by molar-refractivity contribution is -0.113. The van der Waals surface area contributed by atoms with Crippen molar-refractivity contribution >= 4 is 54.3 Å². The number of carbonyl (C=O) groups is 1. The largest absolute Gasteiger partial charge is 0.348 e. The molecule has 1 aromatic rings. The molecular weight excluding hydrogens is 402 g/mol. The number of aliphatic imine (C=N–C) groups is 1. The molecule has 124 valence electrons. The molecule has 0 aliphatic carbocycles. The summed E-state index contributed by atoms with van der Waals surface area (Å²) in [4.78, 5) is 18.3. The van der Waals surface area contributed by atoms with E-state index in [1.54, 1.807) is 0 Å². The van der Waals surface area contributed by atoms with Gasteiger partial charge in [-0.1, -0.05) is 27.7 Å². The van der Waals surface area contributed by atoms with Gasteiger partial charge in [0.15, 0.2) is 15.0 Å². The summed E-state index contributed by atoms with van der Waals surface area (Å²) in [6, 6.07) is 7.08. The molecule has 0 unspecified atom stereocenters. The van der Waals surface area contributed by atoms with Crippen LogP contribution in [-0.4, -0.2) is 60.8 Å². The van der Waals surface area contributed by atoms with E-state index in [9.17, 15) is 13.2 Å². The Hall–Kier alpha value is -1.06. The first-order chi connectivity index (χ1) is 10.8. The summed E-state index contributed by atoms with van der Waals surface area (Å²) in [7, 11) is -1.14. The SMILES string of the molecule is CN1C(SCC(=O)Nc2ccc(Br)cc2)=N[C@@H]2CS(=O)(=O)C[C@@H]21. The number of fused-ring (bicyclic) bond motifs is 1. The van der Waals surface area contributed by atoms with Crippen molar-refractivity contribution < 1.29 is 13.2 Å². The number of anilines is 1. The molecule has 23 heavy (non-hydrogen) atoms. The molecule has 2 heterocycles. The summed E-state index contributed by atoms with van der Waals surface area (Å²) in [6.45, 7) is 0. The number of rotatable bonds is 3. The Bertz CT molecular complexity index is 749. The summed E-state index contributed by atoms with van der Waals surface area (Å²) < 4.78 is 24.2. The number of sulfone groups is 1. The van der Waals surface area contributed by atoms with Crippen LogP contribution in [0.1, 0.15) is 0 Å². The minimum atomic E-state index is -2.98. The van der Waals surface area contributed by atoms with Gasteiger partial charge in [0.2, 0.25) is 5.91 Å². The predicted octanol–water partition coefficient (Wildman–Crippen LogP) is 1.59. The van der Waals surface area contributed by atoms with Gasteiger partial charge in [0.05, 0.1) is 29.3 Å². The first kappa shape index (κ1) is 16.8.